The Morgan fingerprint density at radius 2 is 2.00 bits per heavy atom. The predicted molar refractivity (Wildman–Crippen MR) is 112 cm³/mol. The van der Waals surface area contributed by atoms with E-state index in [1.54, 1.807) is 24.3 Å². The number of thiophene rings is 1. The summed E-state index contributed by atoms with van der Waals surface area (Å²) in [5.74, 6) is -0.493. The summed E-state index contributed by atoms with van der Waals surface area (Å²) < 4.78 is 2.86. The second-order valence-electron chi connectivity index (χ2n) is 6.26. The van der Waals surface area contributed by atoms with E-state index in [9.17, 15) is 9.59 Å². The number of nitrogens with zero attached hydrogens (tertiary/aromatic N) is 2. The van der Waals surface area contributed by atoms with Crippen LogP contribution in [0.3, 0.4) is 0 Å². The Hall–Kier alpha value is -2.97. The number of nitrogens with one attached hydrogen (secondary N) is 2. The number of fused-ring (bicyclic) bond motifs is 1. The molecular weight excluding hydrogens is 392 g/mol. The quantitative estimate of drug-likeness (QED) is 0.510. The molecule has 0 aliphatic heterocycles. The monoisotopic (exact) mass is 410 g/mol. The van der Waals surface area contributed by atoms with Crippen LogP contribution >= 0.6 is 22.7 Å². The highest BCUT2D eigenvalue weighted by Crippen LogP contribution is 2.26. The van der Waals surface area contributed by atoms with Gasteiger partial charge in [0.15, 0.2) is 5.13 Å². The summed E-state index contributed by atoms with van der Waals surface area (Å²) >= 11 is 3.09. The third-order valence-electron chi connectivity index (χ3n) is 4.22. The fraction of sp³-hybridized carbons (Fsp3) is 0.150. The van der Waals surface area contributed by atoms with Crippen molar-refractivity contribution in [2.24, 2.45) is 0 Å². The first-order valence-corrected chi connectivity index (χ1v) is 10.4. The molecule has 0 aliphatic carbocycles. The van der Waals surface area contributed by atoms with Crippen LogP contribution in [0.5, 0.6) is 0 Å². The first kappa shape index (κ1) is 18.4. The molecule has 6 nitrogen and oxygen atoms in total. The zero-order valence-corrected chi connectivity index (χ0v) is 16.7. The van der Waals surface area contributed by atoms with Crippen LogP contribution in [0.15, 0.2) is 60.2 Å². The molecule has 0 spiro atoms. The third kappa shape index (κ3) is 3.97. The standard InChI is InChI=1S/C20H18N4O2S2/c1-13(18(25)21-12-15-5-4-10-27-15)22-19(26)14-6-7-16-17(11-14)28-20(23-16)24-8-2-3-9-24/h2-11,13H,12H2,1H3,(H,21,25)(H,22,26). The Bertz CT molecular complexity index is 1100. The Balaban J connectivity index is 1.42. The maximum atomic E-state index is 12.6. The van der Waals surface area contributed by atoms with E-state index in [0.29, 0.717) is 12.1 Å². The van der Waals surface area contributed by atoms with E-state index < -0.39 is 6.04 Å². The molecule has 2 amide bonds. The van der Waals surface area contributed by atoms with Crippen LogP contribution in [0.25, 0.3) is 15.3 Å². The van der Waals surface area contributed by atoms with Gasteiger partial charge in [0, 0.05) is 22.8 Å². The summed E-state index contributed by atoms with van der Waals surface area (Å²) in [6, 6.07) is 12.5. The van der Waals surface area contributed by atoms with E-state index in [1.165, 1.54) is 11.3 Å². The Morgan fingerprint density at radius 3 is 2.75 bits per heavy atom. The Kier molecular flexibility index (Phi) is 5.23. The van der Waals surface area contributed by atoms with Gasteiger partial charge in [-0.25, -0.2) is 4.98 Å². The SMILES string of the molecule is CC(NC(=O)c1ccc2nc(-n3cccc3)sc2c1)C(=O)NCc1cccs1. The lowest BCUT2D eigenvalue weighted by Gasteiger charge is -2.13. The van der Waals surface area contributed by atoms with Crippen molar-refractivity contribution in [2.75, 3.05) is 0 Å². The van der Waals surface area contributed by atoms with Crippen molar-refractivity contribution in [1.82, 2.24) is 20.2 Å². The molecule has 142 valence electrons. The fourth-order valence-corrected chi connectivity index (χ4v) is 4.33. The van der Waals surface area contributed by atoms with Gasteiger partial charge in [-0.1, -0.05) is 17.4 Å². The molecule has 8 heteroatoms. The first-order chi connectivity index (χ1) is 13.6. The molecule has 0 saturated carbocycles. The minimum atomic E-state index is -0.625. The second-order valence-corrected chi connectivity index (χ2v) is 8.30. The zero-order valence-electron chi connectivity index (χ0n) is 15.1. The fourth-order valence-electron chi connectivity index (χ4n) is 2.71. The van der Waals surface area contributed by atoms with Crippen LogP contribution in [-0.4, -0.2) is 27.4 Å². The molecule has 3 aromatic heterocycles. The molecule has 1 atom stereocenters. The minimum absolute atomic E-state index is 0.212. The highest BCUT2D eigenvalue weighted by Gasteiger charge is 2.17. The van der Waals surface area contributed by atoms with Crippen LogP contribution in [0.1, 0.15) is 22.2 Å². The van der Waals surface area contributed by atoms with E-state index in [1.807, 2.05) is 58.7 Å². The molecule has 28 heavy (non-hydrogen) atoms. The lowest BCUT2D eigenvalue weighted by molar-refractivity contribution is -0.122. The van der Waals surface area contributed by atoms with E-state index in [-0.39, 0.29) is 11.8 Å². The normalized spacial score (nSPS) is 12.0. The van der Waals surface area contributed by atoms with Crippen molar-refractivity contribution in [3.8, 4) is 5.13 Å². The van der Waals surface area contributed by atoms with Gasteiger partial charge in [-0.15, -0.1) is 11.3 Å². The molecule has 3 heterocycles. The molecule has 0 fully saturated rings. The number of thiazole rings is 1. The molecular formula is C20H18N4O2S2. The summed E-state index contributed by atoms with van der Waals surface area (Å²) in [4.78, 5) is 30.4. The highest BCUT2D eigenvalue weighted by molar-refractivity contribution is 7.20. The van der Waals surface area contributed by atoms with Crippen LogP contribution < -0.4 is 10.6 Å². The summed E-state index contributed by atoms with van der Waals surface area (Å²) in [7, 11) is 0. The molecule has 1 aromatic carbocycles. The van der Waals surface area contributed by atoms with Gasteiger partial charge >= 0.3 is 0 Å². The van der Waals surface area contributed by atoms with E-state index in [4.69, 9.17) is 0 Å². The van der Waals surface area contributed by atoms with Crippen LogP contribution in [0.2, 0.25) is 0 Å². The van der Waals surface area contributed by atoms with Crippen molar-refractivity contribution in [2.45, 2.75) is 19.5 Å². The van der Waals surface area contributed by atoms with Gasteiger partial charge < -0.3 is 15.2 Å². The van der Waals surface area contributed by atoms with Gasteiger partial charge in [0.25, 0.3) is 5.91 Å². The number of carbonyl (C=O) groups excluding carboxylic acids is 2. The molecule has 2 N–H and O–H groups in total. The summed E-state index contributed by atoms with van der Waals surface area (Å²) in [6.45, 7) is 2.14. The number of amides is 2. The topological polar surface area (TPSA) is 76.0 Å². The molecule has 0 aliphatic rings. The van der Waals surface area contributed by atoms with Crippen LogP contribution in [-0.2, 0) is 11.3 Å². The maximum Gasteiger partial charge on any atom is 0.251 e. The van der Waals surface area contributed by atoms with Gasteiger partial charge in [0.2, 0.25) is 5.91 Å². The molecule has 4 rings (SSSR count). The number of hydrogen-bond donors (Lipinski definition) is 2. The number of benzene rings is 1. The molecule has 1 unspecified atom stereocenters. The number of hydrogen-bond acceptors (Lipinski definition) is 5. The third-order valence-corrected chi connectivity index (χ3v) is 6.13. The maximum absolute atomic E-state index is 12.6. The van der Waals surface area contributed by atoms with Gasteiger partial charge in [-0.3, -0.25) is 9.59 Å². The minimum Gasteiger partial charge on any atom is -0.349 e. The van der Waals surface area contributed by atoms with Crippen molar-refractivity contribution in [1.29, 1.82) is 0 Å². The zero-order chi connectivity index (χ0) is 19.5. The van der Waals surface area contributed by atoms with Crippen LogP contribution in [0.4, 0.5) is 0 Å². The lowest BCUT2D eigenvalue weighted by Crippen LogP contribution is -2.44. The van der Waals surface area contributed by atoms with E-state index in [0.717, 1.165) is 20.2 Å². The summed E-state index contributed by atoms with van der Waals surface area (Å²) in [5, 5.41) is 8.40. The predicted octanol–water partition coefficient (Wildman–Crippen LogP) is 3.58. The number of aromatic nitrogens is 2. The molecule has 0 bridgehead atoms. The van der Waals surface area contributed by atoms with E-state index >= 15 is 0 Å². The molecule has 0 radical (unpaired) electrons. The van der Waals surface area contributed by atoms with Crippen LogP contribution in [0, 0.1) is 0 Å². The van der Waals surface area contributed by atoms with Crippen molar-refractivity contribution >= 4 is 44.7 Å². The summed E-state index contributed by atoms with van der Waals surface area (Å²) in [5.41, 5.74) is 1.35. The van der Waals surface area contributed by atoms with Crippen molar-refractivity contribution in [3.63, 3.8) is 0 Å². The Morgan fingerprint density at radius 1 is 1.18 bits per heavy atom. The van der Waals surface area contributed by atoms with E-state index in [2.05, 4.69) is 15.6 Å². The number of carbonyl (C=O) groups is 2. The smallest absolute Gasteiger partial charge is 0.251 e. The van der Waals surface area contributed by atoms with Crippen molar-refractivity contribution < 1.29 is 9.59 Å². The largest absolute Gasteiger partial charge is 0.349 e. The molecule has 0 saturated heterocycles. The van der Waals surface area contributed by atoms with Gasteiger partial charge in [0.05, 0.1) is 16.8 Å². The second kappa shape index (κ2) is 7.95. The van der Waals surface area contributed by atoms with Gasteiger partial charge in [-0.2, -0.15) is 0 Å². The Labute approximate surface area is 169 Å². The lowest BCUT2D eigenvalue weighted by atomic mass is 10.2. The first-order valence-electron chi connectivity index (χ1n) is 8.75. The van der Waals surface area contributed by atoms with Crippen molar-refractivity contribution in [3.05, 3.63) is 70.7 Å². The van der Waals surface area contributed by atoms with Gasteiger partial charge in [-0.05, 0) is 48.7 Å². The average molecular weight is 411 g/mol. The van der Waals surface area contributed by atoms with Gasteiger partial charge in [0.1, 0.15) is 6.04 Å². The number of rotatable bonds is 6. The summed E-state index contributed by atoms with van der Waals surface area (Å²) in [6.07, 6.45) is 3.86. The molecule has 4 aromatic rings. The average Bonchev–Trinajstić information content (AvgIpc) is 3.46. The highest BCUT2D eigenvalue weighted by atomic mass is 32.1.